The predicted octanol–water partition coefficient (Wildman–Crippen LogP) is 5.58. The van der Waals surface area contributed by atoms with Crippen LogP contribution in [0.1, 0.15) is 32.3 Å². The molecule has 4 heteroatoms. The largest absolute Gasteiger partial charge is 0.411 e. The second-order valence-electron chi connectivity index (χ2n) is 5.84. The molecule has 1 aromatic carbocycles. The molecule has 106 valence electrons. The van der Waals surface area contributed by atoms with E-state index in [1.165, 1.54) is 0 Å². The van der Waals surface area contributed by atoms with Crippen molar-refractivity contribution in [2.24, 2.45) is 10.6 Å². The molecule has 0 spiro atoms. The van der Waals surface area contributed by atoms with Crippen LogP contribution in [-0.4, -0.2) is 10.9 Å². The summed E-state index contributed by atoms with van der Waals surface area (Å²) in [5, 5.41) is 13.4. The molecule has 0 aliphatic heterocycles. The molecule has 1 N–H and O–H groups in total. The van der Waals surface area contributed by atoms with Crippen molar-refractivity contribution < 1.29 is 5.21 Å². The van der Waals surface area contributed by atoms with Gasteiger partial charge in [0.1, 0.15) is 0 Å². The molecule has 0 fully saturated rings. The van der Waals surface area contributed by atoms with Crippen LogP contribution in [0.4, 0.5) is 0 Å². The SMILES string of the molecule is CC1(C)CC(C=Cc2ccc(Cl)c(Cl)c2)=CC(=NO)C1. The van der Waals surface area contributed by atoms with Crippen molar-refractivity contribution >= 4 is 35.0 Å². The number of nitrogens with zero attached hydrogens (tertiary/aromatic N) is 1. The number of allylic oxidation sites excluding steroid dienone is 3. The summed E-state index contributed by atoms with van der Waals surface area (Å²) in [4.78, 5) is 0. The van der Waals surface area contributed by atoms with Gasteiger partial charge in [-0.1, -0.05) is 60.4 Å². The molecule has 2 rings (SSSR count). The average Bonchev–Trinajstić information content (AvgIpc) is 2.38. The Kier molecular flexibility index (Phi) is 4.56. The van der Waals surface area contributed by atoms with E-state index in [1.54, 1.807) is 6.07 Å². The summed E-state index contributed by atoms with van der Waals surface area (Å²) in [6.45, 7) is 4.33. The van der Waals surface area contributed by atoms with Gasteiger partial charge in [-0.05, 0) is 47.6 Å². The lowest BCUT2D eigenvalue weighted by Crippen LogP contribution is -2.21. The molecular weight excluding hydrogens is 293 g/mol. The van der Waals surface area contributed by atoms with E-state index in [2.05, 4.69) is 19.0 Å². The zero-order chi connectivity index (χ0) is 14.8. The zero-order valence-corrected chi connectivity index (χ0v) is 13.0. The zero-order valence-electron chi connectivity index (χ0n) is 11.5. The standard InChI is InChI=1S/C16H17Cl2NO/c1-16(2)9-12(7-13(10-16)19-20)4-3-11-5-6-14(17)15(18)8-11/h3-8,20H,9-10H2,1-2H3. The molecule has 0 unspecified atom stereocenters. The fourth-order valence-electron chi connectivity index (χ4n) is 2.41. The monoisotopic (exact) mass is 309 g/mol. The lowest BCUT2D eigenvalue weighted by atomic mass is 9.76. The van der Waals surface area contributed by atoms with Crippen LogP contribution in [0.2, 0.25) is 10.0 Å². The molecule has 0 saturated carbocycles. The number of benzene rings is 1. The minimum absolute atomic E-state index is 0.105. The van der Waals surface area contributed by atoms with Gasteiger partial charge in [-0.25, -0.2) is 0 Å². The normalized spacial score (nSPS) is 20.4. The molecule has 0 heterocycles. The Balaban J connectivity index is 2.22. The second-order valence-corrected chi connectivity index (χ2v) is 6.65. The van der Waals surface area contributed by atoms with Gasteiger partial charge < -0.3 is 5.21 Å². The fourth-order valence-corrected chi connectivity index (χ4v) is 2.72. The van der Waals surface area contributed by atoms with Gasteiger partial charge in [-0.2, -0.15) is 0 Å². The molecule has 0 amide bonds. The molecule has 1 aliphatic rings. The highest BCUT2D eigenvalue weighted by Gasteiger charge is 2.25. The number of rotatable bonds is 2. The van der Waals surface area contributed by atoms with Gasteiger partial charge in [0.15, 0.2) is 0 Å². The summed E-state index contributed by atoms with van der Waals surface area (Å²) in [6, 6.07) is 5.53. The molecule has 0 bridgehead atoms. The minimum Gasteiger partial charge on any atom is -0.411 e. The van der Waals surface area contributed by atoms with Crippen molar-refractivity contribution in [1.82, 2.24) is 0 Å². The molecule has 0 saturated heterocycles. The van der Waals surface area contributed by atoms with Crippen LogP contribution in [0.3, 0.4) is 0 Å². The van der Waals surface area contributed by atoms with Gasteiger partial charge in [0, 0.05) is 0 Å². The van der Waals surface area contributed by atoms with Gasteiger partial charge in [0.05, 0.1) is 15.8 Å². The Morgan fingerprint density at radius 1 is 1.15 bits per heavy atom. The minimum atomic E-state index is 0.105. The Hall–Kier alpha value is -1.25. The third kappa shape index (κ3) is 3.87. The summed E-state index contributed by atoms with van der Waals surface area (Å²) in [5.74, 6) is 0. The Morgan fingerprint density at radius 3 is 2.55 bits per heavy atom. The molecule has 2 nitrogen and oxygen atoms in total. The van der Waals surface area contributed by atoms with Gasteiger partial charge in [0.25, 0.3) is 0 Å². The van der Waals surface area contributed by atoms with E-state index in [4.69, 9.17) is 28.4 Å². The second kappa shape index (κ2) is 6.02. The van der Waals surface area contributed by atoms with Crippen LogP contribution in [0.5, 0.6) is 0 Å². The molecule has 20 heavy (non-hydrogen) atoms. The highest BCUT2D eigenvalue weighted by Crippen LogP contribution is 2.35. The third-order valence-electron chi connectivity index (χ3n) is 3.26. The van der Waals surface area contributed by atoms with Crippen molar-refractivity contribution in [3.05, 3.63) is 51.5 Å². The van der Waals surface area contributed by atoms with Crippen LogP contribution < -0.4 is 0 Å². The van der Waals surface area contributed by atoms with Crippen molar-refractivity contribution in [1.29, 1.82) is 0 Å². The summed E-state index contributed by atoms with van der Waals surface area (Å²) in [7, 11) is 0. The molecule has 0 aromatic heterocycles. The van der Waals surface area contributed by atoms with Crippen molar-refractivity contribution in [3.63, 3.8) is 0 Å². The Labute approximate surface area is 129 Å². The fraction of sp³-hybridized carbons (Fsp3) is 0.312. The van der Waals surface area contributed by atoms with E-state index in [0.29, 0.717) is 10.0 Å². The van der Waals surface area contributed by atoms with Crippen molar-refractivity contribution in [2.75, 3.05) is 0 Å². The summed E-state index contributed by atoms with van der Waals surface area (Å²) in [6.07, 6.45) is 7.69. The van der Waals surface area contributed by atoms with Crippen LogP contribution in [-0.2, 0) is 0 Å². The molecule has 0 atom stereocenters. The van der Waals surface area contributed by atoms with Crippen molar-refractivity contribution in [2.45, 2.75) is 26.7 Å². The lowest BCUT2D eigenvalue weighted by molar-refractivity contribution is 0.308. The molecular formula is C16H17Cl2NO. The maximum atomic E-state index is 8.98. The maximum absolute atomic E-state index is 8.98. The topological polar surface area (TPSA) is 32.6 Å². The average molecular weight is 310 g/mol. The number of hydrogen-bond acceptors (Lipinski definition) is 2. The van der Waals surface area contributed by atoms with Crippen LogP contribution >= 0.6 is 23.2 Å². The molecule has 1 aliphatic carbocycles. The van der Waals surface area contributed by atoms with Gasteiger partial charge in [-0.3, -0.25) is 0 Å². The summed E-state index contributed by atoms with van der Waals surface area (Å²) >= 11 is 11.9. The predicted molar refractivity (Wildman–Crippen MR) is 85.8 cm³/mol. The number of hydrogen-bond donors (Lipinski definition) is 1. The van der Waals surface area contributed by atoms with Gasteiger partial charge in [-0.15, -0.1) is 0 Å². The van der Waals surface area contributed by atoms with Gasteiger partial charge in [0.2, 0.25) is 0 Å². The van der Waals surface area contributed by atoms with E-state index >= 15 is 0 Å². The molecule has 0 radical (unpaired) electrons. The van der Waals surface area contributed by atoms with E-state index in [0.717, 1.165) is 29.7 Å². The highest BCUT2D eigenvalue weighted by molar-refractivity contribution is 6.42. The third-order valence-corrected chi connectivity index (χ3v) is 4.00. The van der Waals surface area contributed by atoms with E-state index in [1.807, 2.05) is 30.4 Å². The maximum Gasteiger partial charge on any atom is 0.0803 e. The van der Waals surface area contributed by atoms with E-state index in [-0.39, 0.29) is 5.41 Å². The first-order valence-electron chi connectivity index (χ1n) is 6.44. The van der Waals surface area contributed by atoms with Crippen LogP contribution in [0.15, 0.2) is 41.1 Å². The molecule has 1 aromatic rings. The first-order valence-corrected chi connectivity index (χ1v) is 7.20. The Bertz CT molecular complexity index is 600. The highest BCUT2D eigenvalue weighted by atomic mass is 35.5. The quantitative estimate of drug-likeness (QED) is 0.561. The summed E-state index contributed by atoms with van der Waals surface area (Å²) < 4.78 is 0. The van der Waals surface area contributed by atoms with Crippen molar-refractivity contribution in [3.8, 4) is 0 Å². The van der Waals surface area contributed by atoms with Crippen LogP contribution in [0, 0.1) is 5.41 Å². The van der Waals surface area contributed by atoms with E-state index in [9.17, 15) is 0 Å². The number of oxime groups is 1. The Morgan fingerprint density at radius 2 is 1.90 bits per heavy atom. The van der Waals surface area contributed by atoms with Crippen LogP contribution in [0.25, 0.3) is 6.08 Å². The lowest BCUT2D eigenvalue weighted by Gasteiger charge is -2.28. The first-order chi connectivity index (χ1) is 9.39. The van der Waals surface area contributed by atoms with E-state index < -0.39 is 0 Å². The smallest absolute Gasteiger partial charge is 0.0803 e. The number of halogens is 2. The van der Waals surface area contributed by atoms with Gasteiger partial charge >= 0.3 is 0 Å². The summed E-state index contributed by atoms with van der Waals surface area (Å²) in [5.41, 5.74) is 2.95. The first kappa shape index (κ1) is 15.1.